The number of carbonyl (C=O) groups is 1. The van der Waals surface area contributed by atoms with E-state index in [2.05, 4.69) is 6.07 Å². The van der Waals surface area contributed by atoms with Crippen LogP contribution in [0.1, 0.15) is 56.0 Å². The van der Waals surface area contributed by atoms with Gasteiger partial charge in [-0.1, -0.05) is 6.92 Å². The van der Waals surface area contributed by atoms with Crippen molar-refractivity contribution in [2.45, 2.75) is 44.4 Å². The molecular weight excluding hydrogens is 202 g/mol. The summed E-state index contributed by atoms with van der Waals surface area (Å²) < 4.78 is 5.84. The van der Waals surface area contributed by atoms with Crippen molar-refractivity contribution in [3.63, 3.8) is 0 Å². The molecule has 0 saturated heterocycles. The second kappa shape index (κ2) is 3.12. The molecule has 2 aliphatic rings. The Hall–Kier alpha value is -1.25. The van der Waals surface area contributed by atoms with Crippen molar-refractivity contribution in [1.82, 2.24) is 0 Å². The van der Waals surface area contributed by atoms with Gasteiger partial charge in [0.25, 0.3) is 0 Å². The molecule has 0 bridgehead atoms. The molecule has 16 heavy (non-hydrogen) atoms. The molecule has 2 N–H and O–H groups in total. The number of hydrogen-bond donors (Lipinski definition) is 1. The van der Waals surface area contributed by atoms with Gasteiger partial charge in [0.1, 0.15) is 11.5 Å². The van der Waals surface area contributed by atoms with Crippen LogP contribution in [0.3, 0.4) is 0 Å². The molecule has 3 nitrogen and oxygen atoms in total. The first kappa shape index (κ1) is 9.94. The molecule has 86 valence electrons. The summed E-state index contributed by atoms with van der Waals surface area (Å²) in [5.41, 5.74) is 5.15. The van der Waals surface area contributed by atoms with Gasteiger partial charge in [0.15, 0.2) is 0 Å². The second-order valence-electron chi connectivity index (χ2n) is 5.26. The van der Waals surface area contributed by atoms with E-state index >= 15 is 0 Å². The van der Waals surface area contributed by atoms with E-state index in [9.17, 15) is 4.79 Å². The molecule has 0 aromatic carbocycles. The molecule has 2 aliphatic carbocycles. The van der Waals surface area contributed by atoms with E-state index in [1.165, 1.54) is 12.8 Å². The van der Waals surface area contributed by atoms with E-state index in [4.69, 9.17) is 10.2 Å². The van der Waals surface area contributed by atoms with Crippen LogP contribution in [0.4, 0.5) is 0 Å². The topological polar surface area (TPSA) is 56.2 Å². The highest BCUT2D eigenvalue weighted by Gasteiger charge is 2.54. The first-order valence-corrected chi connectivity index (χ1v) is 6.03. The Labute approximate surface area is 95.0 Å². The maximum absolute atomic E-state index is 11.4. The van der Waals surface area contributed by atoms with Crippen molar-refractivity contribution in [1.29, 1.82) is 0 Å². The molecule has 3 heteroatoms. The minimum Gasteiger partial charge on any atom is -0.465 e. The van der Waals surface area contributed by atoms with Gasteiger partial charge in [-0.05, 0) is 37.8 Å². The summed E-state index contributed by atoms with van der Waals surface area (Å²) in [6, 6.07) is 4.07. The smallest absolute Gasteiger partial charge is 0.224 e. The minimum atomic E-state index is -0.321. The van der Waals surface area contributed by atoms with Crippen molar-refractivity contribution in [2.75, 3.05) is 0 Å². The molecule has 1 atom stereocenters. The van der Waals surface area contributed by atoms with Crippen LogP contribution in [-0.2, 0) is 4.79 Å². The first-order chi connectivity index (χ1) is 7.63. The Morgan fingerprint density at radius 1 is 1.50 bits per heavy atom. The van der Waals surface area contributed by atoms with Gasteiger partial charge in [-0.2, -0.15) is 0 Å². The molecule has 0 spiro atoms. The molecule has 2 fully saturated rings. The normalized spacial score (nSPS) is 24.1. The summed E-state index contributed by atoms with van der Waals surface area (Å²) in [6.07, 6.45) is 4.29. The lowest BCUT2D eigenvalue weighted by molar-refractivity contribution is -0.123. The summed E-state index contributed by atoms with van der Waals surface area (Å²) in [5.74, 6) is 2.59. The molecule has 3 rings (SSSR count). The quantitative estimate of drug-likeness (QED) is 0.846. The third-order valence-corrected chi connectivity index (χ3v) is 4.16. The molecule has 1 heterocycles. The van der Waals surface area contributed by atoms with Gasteiger partial charge >= 0.3 is 0 Å². The zero-order valence-corrected chi connectivity index (χ0v) is 9.53. The molecule has 0 aliphatic heterocycles. The maximum atomic E-state index is 11.4. The van der Waals surface area contributed by atoms with Crippen LogP contribution in [0, 0.1) is 5.41 Å². The fourth-order valence-corrected chi connectivity index (χ4v) is 2.49. The Kier molecular flexibility index (Phi) is 1.94. The van der Waals surface area contributed by atoms with Crippen LogP contribution in [0.25, 0.3) is 0 Å². The fourth-order valence-electron chi connectivity index (χ4n) is 2.49. The number of nitrogens with two attached hydrogens (primary N) is 1. The van der Waals surface area contributed by atoms with Crippen LogP contribution >= 0.6 is 0 Å². The third-order valence-electron chi connectivity index (χ3n) is 4.16. The van der Waals surface area contributed by atoms with Crippen molar-refractivity contribution >= 4 is 5.91 Å². The van der Waals surface area contributed by atoms with E-state index < -0.39 is 0 Å². The SMILES string of the molecule is C[C@@H](c1ccc(C2CC2)o1)C1(C(N)=O)CC1. The van der Waals surface area contributed by atoms with E-state index in [0.29, 0.717) is 5.92 Å². The summed E-state index contributed by atoms with van der Waals surface area (Å²) in [4.78, 5) is 11.4. The Morgan fingerprint density at radius 2 is 2.19 bits per heavy atom. The maximum Gasteiger partial charge on any atom is 0.224 e. The van der Waals surface area contributed by atoms with Crippen LogP contribution in [0.2, 0.25) is 0 Å². The lowest BCUT2D eigenvalue weighted by Gasteiger charge is -2.17. The highest BCUT2D eigenvalue weighted by atomic mass is 16.3. The zero-order valence-electron chi connectivity index (χ0n) is 9.53. The lowest BCUT2D eigenvalue weighted by Crippen LogP contribution is -2.29. The standard InChI is InChI=1S/C13H17NO2/c1-8(13(6-7-13)12(14)15)10-4-5-11(16-10)9-2-3-9/h4-5,8-9H,2-3,6-7H2,1H3,(H2,14,15)/t8-/m0/s1. The van der Waals surface area contributed by atoms with Crippen molar-refractivity contribution < 1.29 is 9.21 Å². The molecule has 2 saturated carbocycles. The molecule has 1 aromatic rings. The fraction of sp³-hybridized carbons (Fsp3) is 0.615. The minimum absolute atomic E-state index is 0.123. The van der Waals surface area contributed by atoms with Gasteiger partial charge in [0.05, 0.1) is 5.41 Å². The predicted octanol–water partition coefficient (Wildman–Crippen LogP) is 2.53. The third kappa shape index (κ3) is 1.38. The highest BCUT2D eigenvalue weighted by molar-refractivity contribution is 5.84. The Morgan fingerprint density at radius 3 is 2.69 bits per heavy atom. The van der Waals surface area contributed by atoms with E-state index in [1.807, 2.05) is 13.0 Å². The number of furan rings is 1. The van der Waals surface area contributed by atoms with Gasteiger partial charge in [0.2, 0.25) is 5.91 Å². The van der Waals surface area contributed by atoms with E-state index in [0.717, 1.165) is 24.4 Å². The summed E-state index contributed by atoms with van der Waals surface area (Å²) in [5, 5.41) is 0. The molecular formula is C13H17NO2. The Balaban J connectivity index is 1.83. The van der Waals surface area contributed by atoms with Crippen LogP contribution in [0.15, 0.2) is 16.5 Å². The number of rotatable bonds is 4. The monoisotopic (exact) mass is 219 g/mol. The number of hydrogen-bond acceptors (Lipinski definition) is 2. The average molecular weight is 219 g/mol. The molecule has 1 amide bonds. The van der Waals surface area contributed by atoms with Crippen LogP contribution in [0.5, 0.6) is 0 Å². The first-order valence-electron chi connectivity index (χ1n) is 6.03. The lowest BCUT2D eigenvalue weighted by atomic mass is 9.88. The van der Waals surface area contributed by atoms with Crippen LogP contribution in [-0.4, -0.2) is 5.91 Å². The van der Waals surface area contributed by atoms with Crippen molar-refractivity contribution in [2.24, 2.45) is 11.1 Å². The molecule has 0 radical (unpaired) electrons. The molecule has 0 unspecified atom stereocenters. The van der Waals surface area contributed by atoms with E-state index in [1.54, 1.807) is 0 Å². The van der Waals surface area contributed by atoms with Gasteiger partial charge in [-0.15, -0.1) is 0 Å². The largest absolute Gasteiger partial charge is 0.465 e. The second-order valence-corrected chi connectivity index (χ2v) is 5.26. The number of amides is 1. The summed E-state index contributed by atoms with van der Waals surface area (Å²) in [6.45, 7) is 2.05. The van der Waals surface area contributed by atoms with E-state index in [-0.39, 0.29) is 17.2 Å². The van der Waals surface area contributed by atoms with Gasteiger partial charge in [-0.3, -0.25) is 4.79 Å². The summed E-state index contributed by atoms with van der Waals surface area (Å²) >= 11 is 0. The zero-order chi connectivity index (χ0) is 11.3. The predicted molar refractivity (Wildman–Crippen MR) is 60.0 cm³/mol. The highest BCUT2D eigenvalue weighted by Crippen LogP contribution is 2.56. The van der Waals surface area contributed by atoms with Crippen molar-refractivity contribution in [3.05, 3.63) is 23.7 Å². The number of carbonyl (C=O) groups excluding carboxylic acids is 1. The number of primary amides is 1. The van der Waals surface area contributed by atoms with Gasteiger partial charge < -0.3 is 10.2 Å². The van der Waals surface area contributed by atoms with Crippen LogP contribution < -0.4 is 5.73 Å². The van der Waals surface area contributed by atoms with Crippen molar-refractivity contribution in [3.8, 4) is 0 Å². The molecule has 1 aromatic heterocycles. The van der Waals surface area contributed by atoms with Gasteiger partial charge in [-0.25, -0.2) is 0 Å². The Bertz CT molecular complexity index is 427. The summed E-state index contributed by atoms with van der Waals surface area (Å²) in [7, 11) is 0. The average Bonchev–Trinajstić information content (AvgIpc) is 3.15. The van der Waals surface area contributed by atoms with Gasteiger partial charge in [0, 0.05) is 11.8 Å².